The molecule has 0 aliphatic carbocycles. The molecule has 0 saturated carbocycles. The summed E-state index contributed by atoms with van der Waals surface area (Å²) in [6, 6.07) is 0. The van der Waals surface area contributed by atoms with E-state index >= 15 is 0 Å². The fourth-order valence-electron chi connectivity index (χ4n) is 0.255. The second-order valence-electron chi connectivity index (χ2n) is 1.49. The van der Waals surface area contributed by atoms with Crippen molar-refractivity contribution in [3.63, 3.8) is 0 Å². The predicted octanol–water partition coefficient (Wildman–Crippen LogP) is 0.997. The molecule has 0 N–H and O–H groups in total. The summed E-state index contributed by atoms with van der Waals surface area (Å²) in [5.41, 5.74) is 0. The zero-order valence-electron chi connectivity index (χ0n) is 5.23. The molecule has 2 radical (unpaired) electrons. The molecule has 0 saturated heterocycles. The molecule has 0 unspecified atom stereocenters. The summed E-state index contributed by atoms with van der Waals surface area (Å²) in [7, 11) is 0. The SMILES string of the molecule is CC[CH2][Sn][O]C(C)=O. The fourth-order valence-corrected chi connectivity index (χ4v) is 1.71. The summed E-state index contributed by atoms with van der Waals surface area (Å²) >= 11 is -0.723. The van der Waals surface area contributed by atoms with Gasteiger partial charge in [0.2, 0.25) is 0 Å². The van der Waals surface area contributed by atoms with E-state index in [0.29, 0.717) is 0 Å². The Morgan fingerprint density at radius 1 is 1.75 bits per heavy atom. The molecule has 8 heavy (non-hydrogen) atoms. The van der Waals surface area contributed by atoms with Crippen LogP contribution in [0.15, 0.2) is 0 Å². The molecule has 0 spiro atoms. The summed E-state index contributed by atoms with van der Waals surface area (Å²) in [4.78, 5) is 10.1. The van der Waals surface area contributed by atoms with E-state index in [0.717, 1.165) is 10.9 Å². The first-order valence-electron chi connectivity index (χ1n) is 2.67. The first-order chi connectivity index (χ1) is 3.77. The van der Waals surface area contributed by atoms with Gasteiger partial charge in [0, 0.05) is 0 Å². The van der Waals surface area contributed by atoms with Gasteiger partial charge in [0.05, 0.1) is 0 Å². The Hall–Kier alpha value is 0.269. The van der Waals surface area contributed by atoms with Gasteiger partial charge in [-0.25, -0.2) is 0 Å². The molecule has 0 bridgehead atoms. The van der Waals surface area contributed by atoms with Crippen LogP contribution in [0.5, 0.6) is 0 Å². The standard InChI is InChI=1S/C3H7.C2H4O2.Sn/c1-3-2;1-2(3)4;/h1,3H2,2H3;1H3,(H,3,4);/q;;+1/p-1. The van der Waals surface area contributed by atoms with E-state index in [1.165, 1.54) is 6.92 Å². The molecule has 46 valence electrons. The molecule has 0 amide bonds. The number of hydrogen-bond donors (Lipinski definition) is 0. The molecular weight excluding hydrogens is 211 g/mol. The molecule has 2 nitrogen and oxygen atoms in total. The summed E-state index contributed by atoms with van der Waals surface area (Å²) in [6.45, 7) is 3.57. The van der Waals surface area contributed by atoms with Gasteiger partial charge in [0.15, 0.2) is 0 Å². The van der Waals surface area contributed by atoms with Gasteiger partial charge < -0.3 is 0 Å². The van der Waals surface area contributed by atoms with Crippen LogP contribution in [-0.4, -0.2) is 27.5 Å². The average Bonchev–Trinajstić information content (AvgIpc) is 1.66. The summed E-state index contributed by atoms with van der Waals surface area (Å²) < 4.78 is 5.96. The van der Waals surface area contributed by atoms with Gasteiger partial charge in [-0.15, -0.1) is 0 Å². The van der Waals surface area contributed by atoms with Gasteiger partial charge in [0.25, 0.3) is 0 Å². The summed E-state index contributed by atoms with van der Waals surface area (Å²) in [5, 5.41) is 0. The van der Waals surface area contributed by atoms with Crippen molar-refractivity contribution >= 4 is 27.5 Å². The van der Waals surface area contributed by atoms with Crippen LogP contribution in [0.25, 0.3) is 0 Å². The van der Waals surface area contributed by atoms with Crippen molar-refractivity contribution < 1.29 is 7.87 Å². The zero-order chi connectivity index (χ0) is 6.41. The van der Waals surface area contributed by atoms with Crippen LogP contribution in [0.3, 0.4) is 0 Å². The third-order valence-electron chi connectivity index (χ3n) is 0.568. The van der Waals surface area contributed by atoms with E-state index in [9.17, 15) is 4.79 Å². The molecule has 0 aromatic carbocycles. The third-order valence-corrected chi connectivity index (χ3v) is 3.81. The van der Waals surface area contributed by atoms with Crippen molar-refractivity contribution in [3.05, 3.63) is 0 Å². The molecule has 0 aliphatic rings. The zero-order valence-corrected chi connectivity index (χ0v) is 8.08. The van der Waals surface area contributed by atoms with E-state index in [1.54, 1.807) is 0 Å². The Labute approximate surface area is 60.4 Å². The summed E-state index contributed by atoms with van der Waals surface area (Å²) in [6.07, 6.45) is 1.15. The normalized spacial score (nSPS) is 8.75. The maximum absolute atomic E-state index is 10.1. The van der Waals surface area contributed by atoms with Crippen LogP contribution in [0.2, 0.25) is 4.44 Å². The second kappa shape index (κ2) is 5.41. The Balaban J connectivity index is 2.82. The van der Waals surface area contributed by atoms with Gasteiger partial charge >= 0.3 is 60.1 Å². The summed E-state index contributed by atoms with van der Waals surface area (Å²) in [5.74, 6) is -0.106. The molecule has 0 rings (SSSR count). The van der Waals surface area contributed by atoms with Crippen LogP contribution < -0.4 is 0 Å². The van der Waals surface area contributed by atoms with Gasteiger partial charge in [-0.05, 0) is 0 Å². The van der Waals surface area contributed by atoms with Gasteiger partial charge in [-0.2, -0.15) is 0 Å². The molecule has 0 heterocycles. The Morgan fingerprint density at radius 3 is 2.75 bits per heavy atom. The number of carbonyl (C=O) groups is 1. The first-order valence-corrected chi connectivity index (χ1v) is 5.86. The minimum absolute atomic E-state index is 0.106. The molecule has 0 fully saturated rings. The van der Waals surface area contributed by atoms with Crippen molar-refractivity contribution in [2.45, 2.75) is 24.7 Å². The van der Waals surface area contributed by atoms with Gasteiger partial charge in [-0.3, -0.25) is 0 Å². The van der Waals surface area contributed by atoms with Crippen molar-refractivity contribution in [2.24, 2.45) is 0 Å². The van der Waals surface area contributed by atoms with Crippen LogP contribution in [-0.2, 0) is 7.87 Å². The molecule has 0 aliphatic heterocycles. The first kappa shape index (κ1) is 8.27. The van der Waals surface area contributed by atoms with Crippen molar-refractivity contribution in [1.82, 2.24) is 0 Å². The third kappa shape index (κ3) is 6.27. The predicted molar refractivity (Wildman–Crippen MR) is 32.6 cm³/mol. The molecule has 0 atom stereocenters. The van der Waals surface area contributed by atoms with Crippen LogP contribution in [0.4, 0.5) is 0 Å². The van der Waals surface area contributed by atoms with Crippen molar-refractivity contribution in [3.8, 4) is 0 Å². The van der Waals surface area contributed by atoms with Crippen molar-refractivity contribution in [1.29, 1.82) is 0 Å². The number of rotatable bonds is 3. The van der Waals surface area contributed by atoms with E-state index in [-0.39, 0.29) is 5.97 Å². The molecule has 3 heteroatoms. The molecule has 0 aromatic rings. The Kier molecular flexibility index (Phi) is 5.59. The Morgan fingerprint density at radius 2 is 2.38 bits per heavy atom. The van der Waals surface area contributed by atoms with Crippen LogP contribution in [0.1, 0.15) is 20.3 Å². The topological polar surface area (TPSA) is 26.3 Å². The van der Waals surface area contributed by atoms with E-state index in [4.69, 9.17) is 3.07 Å². The van der Waals surface area contributed by atoms with E-state index < -0.39 is 21.6 Å². The van der Waals surface area contributed by atoms with Crippen molar-refractivity contribution in [2.75, 3.05) is 0 Å². The van der Waals surface area contributed by atoms with Crippen LogP contribution >= 0.6 is 0 Å². The average molecular weight is 221 g/mol. The maximum atomic E-state index is 10.1. The van der Waals surface area contributed by atoms with E-state index in [1.807, 2.05) is 0 Å². The monoisotopic (exact) mass is 222 g/mol. The molecule has 0 aromatic heterocycles. The number of carbonyl (C=O) groups excluding carboxylic acids is 1. The van der Waals surface area contributed by atoms with Gasteiger partial charge in [0.1, 0.15) is 0 Å². The fraction of sp³-hybridized carbons (Fsp3) is 0.800. The molecular formula is C5H10O2Sn. The van der Waals surface area contributed by atoms with Crippen LogP contribution in [0, 0.1) is 0 Å². The van der Waals surface area contributed by atoms with Gasteiger partial charge in [-0.1, -0.05) is 0 Å². The minimum atomic E-state index is -0.723. The Bertz CT molecular complexity index is 72.8. The number of hydrogen-bond acceptors (Lipinski definition) is 2. The second-order valence-corrected chi connectivity index (χ2v) is 4.32. The quantitative estimate of drug-likeness (QED) is 0.524. The van der Waals surface area contributed by atoms with E-state index in [2.05, 4.69) is 6.92 Å².